The molecule has 11 heteroatoms. The average molecular weight is 563 g/mol. The van der Waals surface area contributed by atoms with E-state index in [-0.39, 0.29) is 34.0 Å². The fourth-order valence-corrected chi connectivity index (χ4v) is 8.27. The van der Waals surface area contributed by atoms with Crippen molar-refractivity contribution in [3.63, 3.8) is 0 Å². The number of fused-ring (bicyclic) bond motifs is 2. The van der Waals surface area contributed by atoms with E-state index >= 15 is 0 Å². The first kappa shape index (κ1) is 26.7. The molecule has 2 fully saturated rings. The Morgan fingerprint density at radius 1 is 1.08 bits per heavy atom. The Bertz CT molecular complexity index is 1470. The molecule has 2 aromatic carbocycles. The zero-order chi connectivity index (χ0) is 27.2. The third-order valence-electron chi connectivity index (χ3n) is 7.82. The van der Waals surface area contributed by atoms with Gasteiger partial charge in [-0.3, -0.25) is 9.78 Å². The van der Waals surface area contributed by atoms with Crippen LogP contribution in [0.3, 0.4) is 0 Å². The third-order valence-corrected chi connectivity index (χ3v) is 10.5. The standard InChI is InChI=1S/C27H25ClF2N2O5S/c28-21-7-3-15(26(34)32-19-6-8-22(29)23(30)13-19)10-24(21)38(36,37)20-11-17-4-5-18(12-20)27(17,35)25(33)16-2-1-9-31-14-16/h1-3,6-10,13-14,17-18,20,25,33,35H,4-5,11-12H2,(H,32,34)/t17-,18+,20-,25?,27-. The maximum Gasteiger partial charge on any atom is 0.255 e. The third kappa shape index (κ3) is 4.59. The van der Waals surface area contributed by atoms with Gasteiger partial charge in [-0.1, -0.05) is 17.7 Å². The summed E-state index contributed by atoms with van der Waals surface area (Å²) in [5, 5.41) is 24.1. The monoisotopic (exact) mass is 562 g/mol. The molecule has 1 heterocycles. The lowest BCUT2D eigenvalue weighted by Gasteiger charge is -2.45. The van der Waals surface area contributed by atoms with E-state index in [1.54, 1.807) is 18.3 Å². The van der Waals surface area contributed by atoms with Crippen LogP contribution < -0.4 is 5.32 Å². The van der Waals surface area contributed by atoms with Crippen LogP contribution in [0.1, 0.15) is 47.7 Å². The molecule has 200 valence electrons. The van der Waals surface area contributed by atoms with Crippen LogP contribution in [0.25, 0.3) is 0 Å². The molecule has 2 aliphatic carbocycles. The number of aliphatic hydroxyl groups excluding tert-OH is 1. The van der Waals surface area contributed by atoms with Crippen molar-refractivity contribution in [1.82, 2.24) is 4.98 Å². The topological polar surface area (TPSA) is 117 Å². The summed E-state index contributed by atoms with van der Waals surface area (Å²) in [6.45, 7) is 0. The molecule has 3 aromatic rings. The van der Waals surface area contributed by atoms with Gasteiger partial charge in [0, 0.05) is 35.3 Å². The number of carbonyl (C=O) groups is 1. The minimum atomic E-state index is -4.03. The summed E-state index contributed by atoms with van der Waals surface area (Å²) in [6, 6.07) is 10.0. The zero-order valence-electron chi connectivity index (χ0n) is 20.0. The van der Waals surface area contributed by atoms with Crippen molar-refractivity contribution in [2.75, 3.05) is 5.32 Å². The summed E-state index contributed by atoms with van der Waals surface area (Å²) in [5.41, 5.74) is -1.04. The van der Waals surface area contributed by atoms with Gasteiger partial charge in [-0.15, -0.1) is 0 Å². The predicted molar refractivity (Wildman–Crippen MR) is 136 cm³/mol. The number of anilines is 1. The van der Waals surface area contributed by atoms with Gasteiger partial charge in [0.1, 0.15) is 11.7 Å². The van der Waals surface area contributed by atoms with Crippen molar-refractivity contribution in [1.29, 1.82) is 0 Å². The fourth-order valence-electron chi connectivity index (χ4n) is 5.87. The predicted octanol–water partition coefficient (Wildman–Crippen LogP) is 4.69. The molecular weight excluding hydrogens is 538 g/mol. The normalized spacial score (nSPS) is 25.7. The van der Waals surface area contributed by atoms with Crippen LogP contribution in [0.15, 0.2) is 65.8 Å². The summed E-state index contributed by atoms with van der Waals surface area (Å²) < 4.78 is 54.2. The number of aliphatic hydroxyl groups is 2. The molecule has 0 aliphatic heterocycles. The Kier molecular flexibility index (Phi) is 7.02. The van der Waals surface area contributed by atoms with Gasteiger partial charge in [0.15, 0.2) is 21.5 Å². The minimum absolute atomic E-state index is 0.00331. The first-order valence-corrected chi connectivity index (χ1v) is 14.0. The molecule has 7 nitrogen and oxygen atoms in total. The lowest BCUT2D eigenvalue weighted by Crippen LogP contribution is -2.52. The molecule has 38 heavy (non-hydrogen) atoms. The fraction of sp³-hybridized carbons (Fsp3) is 0.333. The second-order valence-corrected chi connectivity index (χ2v) is 12.5. The van der Waals surface area contributed by atoms with Gasteiger partial charge in [0.25, 0.3) is 5.91 Å². The molecule has 5 atom stereocenters. The van der Waals surface area contributed by atoms with Gasteiger partial charge in [-0.2, -0.15) is 0 Å². The number of hydrogen-bond acceptors (Lipinski definition) is 6. The van der Waals surface area contributed by atoms with Gasteiger partial charge in [0.05, 0.1) is 15.2 Å². The number of amides is 1. The highest BCUT2D eigenvalue weighted by Gasteiger charge is 2.59. The van der Waals surface area contributed by atoms with E-state index in [4.69, 9.17) is 11.6 Å². The van der Waals surface area contributed by atoms with E-state index in [1.807, 2.05) is 0 Å². The first-order chi connectivity index (χ1) is 18.0. The smallest absolute Gasteiger partial charge is 0.255 e. The summed E-state index contributed by atoms with van der Waals surface area (Å²) in [5.74, 6) is -3.85. The average Bonchev–Trinajstić information content (AvgIpc) is 3.06. The number of sulfone groups is 1. The number of aromatic nitrogens is 1. The van der Waals surface area contributed by atoms with Crippen molar-refractivity contribution in [3.05, 3.63) is 88.7 Å². The SMILES string of the molecule is O=C(Nc1ccc(F)c(F)c1)c1ccc(Cl)c(S(=O)(=O)[C@@H]2C[C@H]3CC[C@@H](C2)[C@@]3(O)C(O)c2cccnc2)c1. The molecule has 2 saturated carbocycles. The quantitative estimate of drug-likeness (QED) is 0.401. The molecule has 1 unspecified atom stereocenters. The van der Waals surface area contributed by atoms with Crippen molar-refractivity contribution in [2.45, 2.75) is 47.5 Å². The minimum Gasteiger partial charge on any atom is -0.386 e. The van der Waals surface area contributed by atoms with Crippen molar-refractivity contribution in [3.8, 4) is 0 Å². The molecule has 0 saturated heterocycles. The maximum absolute atomic E-state index is 13.7. The van der Waals surface area contributed by atoms with Crippen LogP contribution in [0.5, 0.6) is 0 Å². The van der Waals surface area contributed by atoms with Crippen molar-refractivity contribution < 1.29 is 32.2 Å². The number of nitrogens with zero attached hydrogens (tertiary/aromatic N) is 1. The van der Waals surface area contributed by atoms with Gasteiger partial charge >= 0.3 is 0 Å². The highest BCUT2D eigenvalue weighted by Crippen LogP contribution is 2.56. The number of pyridine rings is 1. The summed E-state index contributed by atoms with van der Waals surface area (Å²) >= 11 is 6.28. The molecule has 3 N–H and O–H groups in total. The van der Waals surface area contributed by atoms with Crippen LogP contribution in [-0.2, 0) is 9.84 Å². The summed E-state index contributed by atoms with van der Waals surface area (Å²) in [7, 11) is -4.03. The Morgan fingerprint density at radius 3 is 2.42 bits per heavy atom. The summed E-state index contributed by atoms with van der Waals surface area (Å²) in [6.07, 6.45) is 3.21. The van der Waals surface area contributed by atoms with Crippen LogP contribution >= 0.6 is 11.6 Å². The van der Waals surface area contributed by atoms with Gasteiger partial charge in [-0.05, 0) is 73.9 Å². The Hall–Kier alpha value is -2.92. The lowest BCUT2D eigenvalue weighted by atomic mass is 9.70. The molecular formula is C27H25ClF2N2O5S. The zero-order valence-corrected chi connectivity index (χ0v) is 21.6. The van der Waals surface area contributed by atoms with E-state index in [2.05, 4.69) is 10.3 Å². The number of carbonyl (C=O) groups excluding carboxylic acids is 1. The van der Waals surface area contributed by atoms with Crippen molar-refractivity contribution in [2.24, 2.45) is 11.8 Å². The van der Waals surface area contributed by atoms with E-state index < -0.39 is 56.2 Å². The van der Waals surface area contributed by atoms with Crippen molar-refractivity contribution >= 4 is 33.0 Å². The van der Waals surface area contributed by atoms with E-state index in [9.17, 15) is 32.2 Å². The van der Waals surface area contributed by atoms with Gasteiger partial charge in [0.2, 0.25) is 0 Å². The molecule has 2 bridgehead atoms. The molecule has 0 spiro atoms. The Balaban J connectivity index is 1.39. The number of nitrogens with one attached hydrogen (secondary N) is 1. The highest BCUT2D eigenvalue weighted by atomic mass is 35.5. The largest absolute Gasteiger partial charge is 0.386 e. The number of halogens is 3. The number of hydrogen-bond donors (Lipinski definition) is 3. The van der Waals surface area contributed by atoms with E-state index in [0.717, 1.165) is 12.1 Å². The lowest BCUT2D eigenvalue weighted by molar-refractivity contribution is -0.144. The molecule has 1 amide bonds. The first-order valence-electron chi connectivity index (χ1n) is 12.1. The second-order valence-electron chi connectivity index (χ2n) is 9.91. The number of benzene rings is 2. The molecule has 0 radical (unpaired) electrons. The van der Waals surface area contributed by atoms with Crippen LogP contribution in [0.2, 0.25) is 5.02 Å². The second kappa shape index (κ2) is 10.00. The van der Waals surface area contributed by atoms with Gasteiger partial charge < -0.3 is 15.5 Å². The number of rotatable bonds is 6. The van der Waals surface area contributed by atoms with Crippen LogP contribution in [-0.4, -0.2) is 40.4 Å². The van der Waals surface area contributed by atoms with Gasteiger partial charge in [-0.25, -0.2) is 17.2 Å². The highest BCUT2D eigenvalue weighted by molar-refractivity contribution is 7.92. The summed E-state index contributed by atoms with van der Waals surface area (Å²) in [4.78, 5) is 16.5. The molecule has 1 aromatic heterocycles. The Labute approximate surface area is 223 Å². The molecule has 5 rings (SSSR count). The maximum atomic E-state index is 13.7. The van der Waals surface area contributed by atoms with E-state index in [0.29, 0.717) is 18.4 Å². The van der Waals surface area contributed by atoms with Crippen LogP contribution in [0, 0.1) is 23.5 Å². The van der Waals surface area contributed by atoms with Crippen LogP contribution in [0.4, 0.5) is 14.5 Å². The van der Waals surface area contributed by atoms with E-state index in [1.165, 1.54) is 30.5 Å². The Morgan fingerprint density at radius 2 is 1.79 bits per heavy atom. The molecule has 2 aliphatic rings.